The lowest BCUT2D eigenvalue weighted by molar-refractivity contribution is -0.148. The van der Waals surface area contributed by atoms with Crippen molar-refractivity contribution in [1.82, 2.24) is 68.3 Å². The molecule has 0 spiro atoms. The van der Waals surface area contributed by atoms with Gasteiger partial charge < -0.3 is 133 Å². The average molecular weight is 1630 g/mol. The number of aliphatic hydroxyl groups is 3. The molecule has 1 aromatic rings. The summed E-state index contributed by atoms with van der Waals surface area (Å²) in [6.45, 7) is 11.2. The highest BCUT2D eigenvalue weighted by Gasteiger charge is 2.46. The summed E-state index contributed by atoms with van der Waals surface area (Å²) >= 11 is 0. The number of phenolic OH excluding ortho intramolecular Hbond substituents is 1. The van der Waals surface area contributed by atoms with E-state index in [0.29, 0.717) is 12.0 Å². The van der Waals surface area contributed by atoms with Crippen LogP contribution in [0.4, 0.5) is 0 Å². The number of guanidine groups is 1. The molecule has 2 fully saturated rings. The number of hydrogen-bond acceptors (Lipinski definition) is 24. The number of aliphatic imine (C=N–C) groups is 1. The maximum atomic E-state index is 14.7. The highest BCUT2D eigenvalue weighted by molar-refractivity contribution is 6.01. The molecule has 16 atom stereocenters. The topological polar surface area (TPSA) is 713 Å². The van der Waals surface area contributed by atoms with Gasteiger partial charge in [-0.2, -0.15) is 0 Å². The van der Waals surface area contributed by atoms with Crippen molar-refractivity contribution >= 4 is 107 Å². The lowest BCUT2D eigenvalue weighted by Gasteiger charge is -2.34. The molecule has 14 amide bonds. The number of hydrogen-bond donors (Lipinski definition) is 23. The Balaban J connectivity index is 1.89. The zero-order chi connectivity index (χ0) is 86.8. The molecule has 2 aliphatic rings. The minimum absolute atomic E-state index is 0.00614. The molecule has 644 valence electrons. The number of aliphatic carboxylic acids is 3. The number of aliphatic hydroxyl groups excluding tert-OH is 3. The van der Waals surface area contributed by atoms with Gasteiger partial charge in [0.2, 0.25) is 82.7 Å². The maximum Gasteiger partial charge on any atom is 0.326 e. The quantitative estimate of drug-likeness (QED) is 0.0164. The Morgan fingerprint density at radius 1 is 0.487 bits per heavy atom. The van der Waals surface area contributed by atoms with E-state index >= 15 is 0 Å². The molecular weight excluding hydrogens is 1510 g/mol. The fourth-order valence-corrected chi connectivity index (χ4v) is 12.5. The number of nitrogens with two attached hydrogens (primary N) is 5. The fourth-order valence-electron chi connectivity index (χ4n) is 12.5. The molecule has 0 bridgehead atoms. The van der Waals surface area contributed by atoms with E-state index in [1.165, 1.54) is 41.0 Å². The van der Waals surface area contributed by atoms with E-state index in [0.717, 1.165) is 6.92 Å². The largest absolute Gasteiger partial charge is 0.508 e. The van der Waals surface area contributed by atoms with Crippen molar-refractivity contribution < 1.29 is 117 Å². The van der Waals surface area contributed by atoms with Gasteiger partial charge in [0.1, 0.15) is 84.3 Å². The van der Waals surface area contributed by atoms with Crippen LogP contribution in [0.3, 0.4) is 0 Å². The molecule has 43 heteroatoms. The summed E-state index contributed by atoms with van der Waals surface area (Å²) in [6, 6.07) is -17.0. The van der Waals surface area contributed by atoms with Crippen molar-refractivity contribution in [2.75, 3.05) is 32.8 Å². The molecule has 3 rings (SSSR count). The van der Waals surface area contributed by atoms with Gasteiger partial charge in [0.25, 0.3) is 0 Å². The number of carbonyl (C=O) groups is 17. The zero-order valence-corrected chi connectivity index (χ0v) is 65.9. The molecule has 115 heavy (non-hydrogen) atoms. The standard InChI is InChI=1S/C72H117N19O24/c1-34(2)28-44(62(105)88-56(37(7)93)67(110)81-41(14-9-10-24-73)59(102)86-48(71(114)115)31-52(74)96)82-60(103)43(22-23-53(97)98)80-61(104)46(32-54(99)100)83-58(101)42(15-11-25-78-72(76)77)79-64(107)49(33-92)87-65(108)50-16-12-26-90(50)70(113)51-17-13-27-91(51)69(112)47(29-35(3)4)85-68(111)57(38(8)94)89-63(106)45(84-66(109)55(75)36(5)6)30-39-18-20-40(95)21-19-39/h18-21,34-38,41-51,55-57,92-95H,9-17,22-33,73,75H2,1-8H3,(H2,74,96)(H,79,107)(H,80,104)(H,81,110)(H,82,103)(H,83,101)(H,84,109)(H,85,111)(H,86,102)(H,87,108)(H,88,105)(H,89,106)(H,97,98)(H,99,100)(H,114,115)(H4,76,77,78)/t37-,38-,41+,42+,43+,44+,45+,46+,47+,48+,49+,50+,51+,55+,56+,57+/m1/s1. The first kappa shape index (κ1) is 98.3. The number of carboxylic acids is 3. The number of unbranched alkanes of at least 4 members (excludes halogenated alkanes) is 1. The van der Waals surface area contributed by atoms with Crippen molar-refractivity contribution in [2.45, 2.75) is 255 Å². The second-order valence-electron chi connectivity index (χ2n) is 29.7. The number of amides is 14. The van der Waals surface area contributed by atoms with Crippen LogP contribution in [0.2, 0.25) is 0 Å². The van der Waals surface area contributed by atoms with Gasteiger partial charge in [0, 0.05) is 32.5 Å². The Bertz CT molecular complexity index is 3580. The number of likely N-dealkylation sites (tertiary alicyclic amines) is 2. The molecule has 0 aliphatic carbocycles. The van der Waals surface area contributed by atoms with Gasteiger partial charge >= 0.3 is 17.9 Å². The minimum atomic E-state index is -2.16. The minimum Gasteiger partial charge on any atom is -0.508 e. The Kier molecular flexibility index (Phi) is 41.3. The van der Waals surface area contributed by atoms with Crippen molar-refractivity contribution in [1.29, 1.82) is 0 Å². The summed E-state index contributed by atoms with van der Waals surface area (Å²) in [5.41, 5.74) is 28.3. The number of carbonyl (C=O) groups excluding carboxylic acids is 14. The Morgan fingerprint density at radius 2 is 0.930 bits per heavy atom. The summed E-state index contributed by atoms with van der Waals surface area (Å²) in [6.07, 6.45) is -6.96. The molecule has 2 aliphatic heterocycles. The highest BCUT2D eigenvalue weighted by Crippen LogP contribution is 2.27. The predicted molar refractivity (Wildman–Crippen MR) is 408 cm³/mol. The molecule has 0 aromatic heterocycles. The summed E-state index contributed by atoms with van der Waals surface area (Å²) in [5.74, 6) is -21.2. The number of primary amides is 1. The lowest BCUT2D eigenvalue weighted by atomic mass is 10.00. The number of carboxylic acid groups (broad SMARTS) is 3. The molecule has 0 radical (unpaired) electrons. The average Bonchev–Trinajstić information content (AvgIpc) is 1.67. The highest BCUT2D eigenvalue weighted by atomic mass is 16.4. The number of benzene rings is 1. The van der Waals surface area contributed by atoms with Crippen LogP contribution >= 0.6 is 0 Å². The molecule has 2 saturated heterocycles. The van der Waals surface area contributed by atoms with Gasteiger partial charge in [-0.05, 0) is 133 Å². The summed E-state index contributed by atoms with van der Waals surface area (Å²) in [5, 5.41) is 97.6. The number of rotatable bonds is 50. The first-order valence-corrected chi connectivity index (χ1v) is 38.1. The normalized spacial score (nSPS) is 17.6. The maximum absolute atomic E-state index is 14.7. The van der Waals surface area contributed by atoms with Crippen molar-refractivity contribution in [3.8, 4) is 5.75 Å². The summed E-state index contributed by atoms with van der Waals surface area (Å²) < 4.78 is 0. The van der Waals surface area contributed by atoms with Crippen molar-refractivity contribution in [3.63, 3.8) is 0 Å². The zero-order valence-electron chi connectivity index (χ0n) is 65.9. The molecule has 1 aromatic carbocycles. The molecule has 2 heterocycles. The monoisotopic (exact) mass is 1630 g/mol. The van der Waals surface area contributed by atoms with E-state index in [1.807, 2.05) is 0 Å². The van der Waals surface area contributed by atoms with Crippen LogP contribution < -0.4 is 87.2 Å². The lowest BCUT2D eigenvalue weighted by Crippen LogP contribution is -2.62. The third-order valence-electron chi connectivity index (χ3n) is 18.8. The van der Waals surface area contributed by atoms with E-state index in [2.05, 4.69) is 63.5 Å². The SMILES string of the molecule is CC(C)C[C@H](NC(=O)[C@H](CCC(=O)O)NC(=O)[C@H](CC(=O)O)NC(=O)[C@H](CCCN=C(N)N)NC(=O)[C@H](CO)NC(=O)[C@@H]1CCCN1C(=O)[C@@H]1CCCN1C(=O)[C@H](CC(C)C)NC(=O)[C@@H](NC(=O)[C@H](Cc1ccc(O)cc1)NC(=O)[C@@H](N)C(C)C)[C@@H](C)O)C(=O)N[C@H](C(=O)N[C@@H](CCCCN)C(=O)N[C@@H](CC(N)=O)C(=O)O)[C@@H](C)O. The van der Waals surface area contributed by atoms with E-state index in [1.54, 1.807) is 41.5 Å². The van der Waals surface area contributed by atoms with Crippen molar-refractivity contribution in [2.24, 2.45) is 51.4 Å². The van der Waals surface area contributed by atoms with Gasteiger partial charge in [-0.1, -0.05) is 53.7 Å². The fraction of sp³-hybridized carbons (Fsp3) is 0.667. The second-order valence-corrected chi connectivity index (χ2v) is 29.7. The first-order chi connectivity index (χ1) is 53.9. The van der Waals surface area contributed by atoms with Crippen molar-refractivity contribution in [3.05, 3.63) is 29.8 Å². The second kappa shape index (κ2) is 48.3. The van der Waals surface area contributed by atoms with E-state index in [4.69, 9.17) is 28.7 Å². The third-order valence-corrected chi connectivity index (χ3v) is 18.8. The molecule has 43 nitrogen and oxygen atoms in total. The van der Waals surface area contributed by atoms with Crippen LogP contribution in [0.5, 0.6) is 5.75 Å². The Hall–Kier alpha value is -10.9. The van der Waals surface area contributed by atoms with Crippen LogP contribution in [0.25, 0.3) is 0 Å². The smallest absolute Gasteiger partial charge is 0.326 e. The molecular formula is C72H117N19O24. The number of aromatic hydroxyl groups is 1. The molecule has 28 N–H and O–H groups in total. The van der Waals surface area contributed by atoms with Crippen LogP contribution in [0, 0.1) is 17.8 Å². The van der Waals surface area contributed by atoms with Crippen LogP contribution in [-0.4, -0.2) is 282 Å². The number of nitrogens with one attached hydrogen (secondary N) is 11. The number of nitrogens with zero attached hydrogens (tertiary/aromatic N) is 3. The number of phenols is 1. The van der Waals surface area contributed by atoms with Crippen LogP contribution in [0.15, 0.2) is 29.3 Å². The van der Waals surface area contributed by atoms with E-state index in [9.17, 15) is 117 Å². The third kappa shape index (κ3) is 33.2. The van der Waals surface area contributed by atoms with Gasteiger partial charge in [-0.3, -0.25) is 81.7 Å². The molecule has 0 unspecified atom stereocenters. The van der Waals surface area contributed by atoms with Crippen LogP contribution in [0.1, 0.15) is 157 Å². The molecule has 0 saturated carbocycles. The summed E-state index contributed by atoms with van der Waals surface area (Å²) in [7, 11) is 0. The van der Waals surface area contributed by atoms with E-state index in [-0.39, 0.29) is 114 Å². The van der Waals surface area contributed by atoms with Gasteiger partial charge in [0.05, 0.1) is 37.7 Å². The first-order valence-electron chi connectivity index (χ1n) is 38.1. The Labute approximate surface area is 664 Å². The summed E-state index contributed by atoms with van der Waals surface area (Å²) in [4.78, 5) is 238. The van der Waals surface area contributed by atoms with Gasteiger partial charge in [-0.25, -0.2) is 4.79 Å². The van der Waals surface area contributed by atoms with Crippen LogP contribution in [-0.2, 0) is 87.9 Å². The van der Waals surface area contributed by atoms with E-state index < -0.39 is 242 Å². The predicted octanol–water partition coefficient (Wildman–Crippen LogP) is -7.44. The van der Waals surface area contributed by atoms with Gasteiger partial charge in [-0.15, -0.1) is 0 Å². The van der Waals surface area contributed by atoms with Gasteiger partial charge in [0.15, 0.2) is 5.96 Å². The Morgan fingerprint density at radius 3 is 1.42 bits per heavy atom.